The van der Waals surface area contributed by atoms with Gasteiger partial charge >= 0.3 is 5.76 Å². The highest BCUT2D eigenvalue weighted by molar-refractivity contribution is 5.98. The fraction of sp³-hybridized carbons (Fsp3) is 0.364. The summed E-state index contributed by atoms with van der Waals surface area (Å²) in [6, 6.07) is 11.8. The molecule has 5 nitrogen and oxygen atoms in total. The zero-order valence-electron chi connectivity index (χ0n) is 15.6. The molecular formula is C22H23FN2O3. The SMILES string of the molecule is O=C(CCN1CCC(Cc2ccc(F)cc2)CC1)c1ccc2[nH]c(=O)oc2c1. The number of nitrogens with one attached hydrogen (secondary N) is 1. The Balaban J connectivity index is 1.25. The van der Waals surface area contributed by atoms with E-state index < -0.39 is 5.76 Å². The molecule has 1 aliphatic rings. The van der Waals surface area contributed by atoms with Gasteiger partial charge in [0.05, 0.1) is 5.52 Å². The first-order valence-electron chi connectivity index (χ1n) is 9.70. The van der Waals surface area contributed by atoms with Crippen molar-refractivity contribution in [2.45, 2.75) is 25.7 Å². The number of hydrogen-bond acceptors (Lipinski definition) is 4. The second kappa shape index (κ2) is 8.10. The van der Waals surface area contributed by atoms with Gasteiger partial charge in [-0.1, -0.05) is 12.1 Å². The number of ketones is 1. The van der Waals surface area contributed by atoms with Crippen molar-refractivity contribution in [3.8, 4) is 0 Å². The van der Waals surface area contributed by atoms with Crippen molar-refractivity contribution in [3.63, 3.8) is 0 Å². The number of H-pyrrole nitrogens is 1. The number of nitrogens with zero attached hydrogens (tertiary/aromatic N) is 1. The van der Waals surface area contributed by atoms with Crippen LogP contribution in [0.25, 0.3) is 11.1 Å². The lowest BCUT2D eigenvalue weighted by atomic mass is 9.90. The van der Waals surface area contributed by atoms with Crippen molar-refractivity contribution in [1.29, 1.82) is 0 Å². The van der Waals surface area contributed by atoms with Crippen LogP contribution in [0.2, 0.25) is 0 Å². The molecular weight excluding hydrogens is 359 g/mol. The first-order valence-corrected chi connectivity index (χ1v) is 9.70. The molecule has 0 radical (unpaired) electrons. The van der Waals surface area contributed by atoms with Crippen LogP contribution in [0.15, 0.2) is 51.7 Å². The largest absolute Gasteiger partial charge is 0.417 e. The molecule has 0 saturated carbocycles. The maximum Gasteiger partial charge on any atom is 0.417 e. The van der Waals surface area contributed by atoms with Gasteiger partial charge in [0, 0.05) is 18.5 Å². The second-order valence-electron chi connectivity index (χ2n) is 7.51. The number of aromatic amines is 1. The lowest BCUT2D eigenvalue weighted by Gasteiger charge is -2.31. The van der Waals surface area contributed by atoms with Crippen molar-refractivity contribution < 1.29 is 13.6 Å². The highest BCUT2D eigenvalue weighted by Gasteiger charge is 2.20. The lowest BCUT2D eigenvalue weighted by Crippen LogP contribution is -2.35. The lowest BCUT2D eigenvalue weighted by molar-refractivity contribution is 0.0951. The Bertz CT molecular complexity index is 1010. The summed E-state index contributed by atoms with van der Waals surface area (Å²) >= 11 is 0. The quantitative estimate of drug-likeness (QED) is 0.659. The maximum absolute atomic E-state index is 13.0. The molecule has 1 aromatic heterocycles. The van der Waals surface area contributed by atoms with Crippen LogP contribution in [0, 0.1) is 11.7 Å². The fourth-order valence-electron chi connectivity index (χ4n) is 3.89. The van der Waals surface area contributed by atoms with E-state index in [2.05, 4.69) is 9.88 Å². The molecule has 0 bridgehead atoms. The first kappa shape index (κ1) is 18.6. The average molecular weight is 382 g/mol. The molecule has 28 heavy (non-hydrogen) atoms. The van der Waals surface area contributed by atoms with Gasteiger partial charge in [-0.2, -0.15) is 0 Å². The van der Waals surface area contributed by atoms with Crippen LogP contribution < -0.4 is 5.76 Å². The van der Waals surface area contributed by atoms with Crippen molar-refractivity contribution in [1.82, 2.24) is 9.88 Å². The van der Waals surface area contributed by atoms with Crippen molar-refractivity contribution in [2.24, 2.45) is 5.92 Å². The highest BCUT2D eigenvalue weighted by Crippen LogP contribution is 2.22. The normalized spacial score (nSPS) is 15.9. The summed E-state index contributed by atoms with van der Waals surface area (Å²) in [5.41, 5.74) is 2.77. The van der Waals surface area contributed by atoms with Crippen LogP contribution >= 0.6 is 0 Å². The predicted octanol–water partition coefficient (Wildman–Crippen LogP) is 3.79. The predicted molar refractivity (Wildman–Crippen MR) is 105 cm³/mol. The number of carbonyl (C=O) groups excluding carboxylic acids is 1. The number of rotatable bonds is 6. The number of fused-ring (bicyclic) bond motifs is 1. The molecule has 146 valence electrons. The van der Waals surface area contributed by atoms with Gasteiger partial charge in [0.15, 0.2) is 11.4 Å². The number of aromatic nitrogens is 1. The summed E-state index contributed by atoms with van der Waals surface area (Å²) in [7, 11) is 0. The minimum absolute atomic E-state index is 0.0548. The van der Waals surface area contributed by atoms with E-state index in [0.717, 1.165) is 38.9 Å². The summed E-state index contributed by atoms with van der Waals surface area (Å²) in [4.78, 5) is 28.6. The number of Topliss-reactive ketones (excluding diaryl/α,β-unsaturated/α-hetero) is 1. The smallest absolute Gasteiger partial charge is 0.408 e. The Hall–Kier alpha value is -2.73. The second-order valence-corrected chi connectivity index (χ2v) is 7.51. The van der Waals surface area contributed by atoms with Gasteiger partial charge in [-0.05, 0) is 74.2 Å². The molecule has 4 rings (SSSR count). The van der Waals surface area contributed by atoms with Crippen LogP contribution in [0.1, 0.15) is 35.2 Å². The Morgan fingerprint density at radius 1 is 1.14 bits per heavy atom. The van der Waals surface area contributed by atoms with E-state index in [0.29, 0.717) is 29.0 Å². The van der Waals surface area contributed by atoms with Gasteiger partial charge in [-0.15, -0.1) is 0 Å². The number of benzene rings is 2. The third-order valence-electron chi connectivity index (χ3n) is 5.54. The molecule has 0 aliphatic carbocycles. The van der Waals surface area contributed by atoms with Crippen molar-refractivity contribution in [3.05, 3.63) is 70.0 Å². The van der Waals surface area contributed by atoms with Crippen molar-refractivity contribution >= 4 is 16.9 Å². The number of carbonyl (C=O) groups is 1. The van der Waals surface area contributed by atoms with Gasteiger partial charge in [0.25, 0.3) is 0 Å². The van der Waals surface area contributed by atoms with Gasteiger partial charge in [0.1, 0.15) is 5.82 Å². The average Bonchev–Trinajstić information content (AvgIpc) is 3.08. The van der Waals surface area contributed by atoms with E-state index in [-0.39, 0.29) is 11.6 Å². The zero-order valence-corrected chi connectivity index (χ0v) is 15.6. The third kappa shape index (κ3) is 4.39. The number of hydrogen-bond donors (Lipinski definition) is 1. The molecule has 0 atom stereocenters. The van der Waals surface area contributed by atoms with Gasteiger partial charge in [-0.3, -0.25) is 9.78 Å². The molecule has 1 aliphatic heterocycles. The summed E-state index contributed by atoms with van der Waals surface area (Å²) in [6.07, 6.45) is 3.61. The Labute approximate surface area is 162 Å². The number of oxazole rings is 1. The van der Waals surface area contributed by atoms with Gasteiger partial charge < -0.3 is 9.32 Å². The molecule has 0 unspecified atom stereocenters. The van der Waals surface area contributed by atoms with Gasteiger partial charge in [-0.25, -0.2) is 9.18 Å². The van der Waals surface area contributed by atoms with Crippen LogP contribution in [-0.4, -0.2) is 35.3 Å². The molecule has 2 aromatic carbocycles. The molecule has 3 aromatic rings. The Kier molecular flexibility index (Phi) is 5.39. The van der Waals surface area contributed by atoms with Crippen LogP contribution in [0.3, 0.4) is 0 Å². The summed E-state index contributed by atoms with van der Waals surface area (Å²) in [6.45, 7) is 2.69. The number of halogens is 1. The standard InChI is InChI=1S/C22H23FN2O3/c23-18-4-1-15(2-5-18)13-16-7-10-25(11-8-16)12-9-20(26)17-3-6-19-21(14-17)28-22(27)24-19/h1-6,14,16H,7-13H2,(H,24,27). The number of likely N-dealkylation sites (tertiary alicyclic amines) is 1. The van der Waals surface area contributed by atoms with E-state index in [1.807, 2.05) is 12.1 Å². The number of piperidine rings is 1. The fourth-order valence-corrected chi connectivity index (χ4v) is 3.89. The van der Waals surface area contributed by atoms with Gasteiger partial charge in [0.2, 0.25) is 0 Å². The first-order chi connectivity index (χ1) is 13.6. The van der Waals surface area contributed by atoms with E-state index >= 15 is 0 Å². The summed E-state index contributed by atoms with van der Waals surface area (Å²) in [5, 5.41) is 0. The van der Waals surface area contributed by atoms with Crippen molar-refractivity contribution in [2.75, 3.05) is 19.6 Å². The van der Waals surface area contributed by atoms with E-state index in [1.54, 1.807) is 18.2 Å². The highest BCUT2D eigenvalue weighted by atomic mass is 19.1. The molecule has 2 heterocycles. The molecule has 1 saturated heterocycles. The maximum atomic E-state index is 13.0. The Morgan fingerprint density at radius 3 is 2.64 bits per heavy atom. The minimum atomic E-state index is -0.511. The molecule has 0 amide bonds. The minimum Gasteiger partial charge on any atom is -0.408 e. The van der Waals surface area contributed by atoms with E-state index in [1.165, 1.54) is 17.7 Å². The topological polar surface area (TPSA) is 66.3 Å². The summed E-state index contributed by atoms with van der Waals surface area (Å²) in [5.74, 6) is -0.0420. The molecule has 6 heteroatoms. The van der Waals surface area contributed by atoms with Crippen LogP contribution in [0.5, 0.6) is 0 Å². The van der Waals surface area contributed by atoms with Crippen LogP contribution in [0.4, 0.5) is 4.39 Å². The Morgan fingerprint density at radius 2 is 1.89 bits per heavy atom. The monoisotopic (exact) mass is 382 g/mol. The molecule has 1 fully saturated rings. The third-order valence-corrected chi connectivity index (χ3v) is 5.54. The molecule has 0 spiro atoms. The molecule has 1 N–H and O–H groups in total. The zero-order chi connectivity index (χ0) is 19.5. The summed E-state index contributed by atoms with van der Waals surface area (Å²) < 4.78 is 18.0. The van der Waals surface area contributed by atoms with Crippen LogP contribution in [-0.2, 0) is 6.42 Å². The van der Waals surface area contributed by atoms with E-state index in [4.69, 9.17) is 4.42 Å². The van der Waals surface area contributed by atoms with E-state index in [9.17, 15) is 14.0 Å².